The SMILES string of the molecule is Cc1nc(COc2ccc(C(=O)OCC(=O)N3CCOCC3)cc2)no1. The van der Waals surface area contributed by atoms with Gasteiger partial charge in [0.1, 0.15) is 5.75 Å². The molecule has 0 saturated carbocycles. The summed E-state index contributed by atoms with van der Waals surface area (Å²) in [5.74, 6) is 0.665. The molecule has 2 heterocycles. The molecule has 1 fully saturated rings. The van der Waals surface area contributed by atoms with E-state index >= 15 is 0 Å². The highest BCUT2D eigenvalue weighted by atomic mass is 16.5. The summed E-state index contributed by atoms with van der Waals surface area (Å²) >= 11 is 0. The molecule has 1 aliphatic rings. The van der Waals surface area contributed by atoms with E-state index in [1.807, 2.05) is 0 Å². The largest absolute Gasteiger partial charge is 0.485 e. The number of esters is 1. The van der Waals surface area contributed by atoms with Crippen LogP contribution in [-0.2, 0) is 20.9 Å². The second-order valence-electron chi connectivity index (χ2n) is 5.61. The Kier molecular flexibility index (Phi) is 5.80. The minimum absolute atomic E-state index is 0.162. The summed E-state index contributed by atoms with van der Waals surface area (Å²) in [6.45, 7) is 3.62. The van der Waals surface area contributed by atoms with E-state index in [9.17, 15) is 9.59 Å². The zero-order chi connectivity index (χ0) is 18.4. The lowest BCUT2D eigenvalue weighted by atomic mass is 10.2. The molecule has 0 bridgehead atoms. The molecular weight excluding hydrogens is 342 g/mol. The first-order valence-electron chi connectivity index (χ1n) is 8.16. The maximum atomic E-state index is 12.0. The van der Waals surface area contributed by atoms with Crippen LogP contribution < -0.4 is 4.74 Å². The van der Waals surface area contributed by atoms with Crippen molar-refractivity contribution < 1.29 is 28.3 Å². The van der Waals surface area contributed by atoms with Gasteiger partial charge in [-0.15, -0.1) is 0 Å². The van der Waals surface area contributed by atoms with Crippen molar-refractivity contribution in [1.82, 2.24) is 15.0 Å². The molecule has 0 N–H and O–H groups in total. The molecular formula is C17H19N3O6. The van der Waals surface area contributed by atoms with Gasteiger partial charge in [-0.05, 0) is 24.3 Å². The summed E-state index contributed by atoms with van der Waals surface area (Å²) in [7, 11) is 0. The van der Waals surface area contributed by atoms with Crippen molar-refractivity contribution in [3.05, 3.63) is 41.5 Å². The van der Waals surface area contributed by atoms with Crippen LogP contribution in [0, 0.1) is 6.92 Å². The highest BCUT2D eigenvalue weighted by Crippen LogP contribution is 2.14. The Balaban J connectivity index is 1.46. The van der Waals surface area contributed by atoms with Gasteiger partial charge in [0.05, 0.1) is 18.8 Å². The van der Waals surface area contributed by atoms with Crippen LogP contribution in [0.1, 0.15) is 22.1 Å². The molecule has 1 aliphatic heterocycles. The molecule has 0 radical (unpaired) electrons. The molecule has 0 atom stereocenters. The van der Waals surface area contributed by atoms with Crippen LogP contribution in [0.4, 0.5) is 0 Å². The van der Waals surface area contributed by atoms with Gasteiger partial charge >= 0.3 is 5.97 Å². The van der Waals surface area contributed by atoms with Crippen molar-refractivity contribution in [3.8, 4) is 5.75 Å². The van der Waals surface area contributed by atoms with E-state index in [4.69, 9.17) is 18.7 Å². The van der Waals surface area contributed by atoms with Gasteiger partial charge in [-0.1, -0.05) is 5.16 Å². The number of carbonyl (C=O) groups is 2. The van der Waals surface area contributed by atoms with Gasteiger partial charge < -0.3 is 23.6 Å². The van der Waals surface area contributed by atoms with Crippen molar-refractivity contribution in [2.45, 2.75) is 13.5 Å². The Bertz CT molecular complexity index is 752. The molecule has 1 saturated heterocycles. The van der Waals surface area contributed by atoms with E-state index in [2.05, 4.69) is 10.1 Å². The van der Waals surface area contributed by atoms with E-state index in [-0.39, 0.29) is 19.1 Å². The van der Waals surface area contributed by atoms with Crippen LogP contribution in [0.5, 0.6) is 5.75 Å². The van der Waals surface area contributed by atoms with E-state index in [1.165, 1.54) is 0 Å². The molecule has 0 aliphatic carbocycles. The number of hydrogen-bond acceptors (Lipinski definition) is 8. The number of nitrogens with zero attached hydrogens (tertiary/aromatic N) is 3. The quantitative estimate of drug-likeness (QED) is 0.701. The van der Waals surface area contributed by atoms with Gasteiger partial charge in [0, 0.05) is 20.0 Å². The summed E-state index contributed by atoms with van der Waals surface area (Å²) < 4.78 is 20.6. The van der Waals surface area contributed by atoms with Gasteiger partial charge in [0.25, 0.3) is 5.91 Å². The average Bonchev–Trinajstić information content (AvgIpc) is 3.10. The molecule has 9 nitrogen and oxygen atoms in total. The molecule has 0 unspecified atom stereocenters. The number of aryl methyl sites for hydroxylation is 1. The Labute approximate surface area is 149 Å². The summed E-state index contributed by atoms with van der Waals surface area (Å²) in [6, 6.07) is 6.40. The number of carbonyl (C=O) groups excluding carboxylic acids is 2. The third-order valence-electron chi connectivity index (χ3n) is 3.72. The maximum Gasteiger partial charge on any atom is 0.338 e. The molecule has 9 heteroatoms. The number of morpholine rings is 1. The average molecular weight is 361 g/mol. The molecule has 138 valence electrons. The Morgan fingerprint density at radius 1 is 1.19 bits per heavy atom. The predicted octanol–water partition coefficient (Wildman–Crippen LogP) is 0.973. The smallest absolute Gasteiger partial charge is 0.338 e. The fourth-order valence-corrected chi connectivity index (χ4v) is 2.35. The number of rotatable bonds is 6. The third-order valence-corrected chi connectivity index (χ3v) is 3.72. The van der Waals surface area contributed by atoms with Crippen LogP contribution in [0.2, 0.25) is 0 Å². The molecule has 1 aromatic carbocycles. The van der Waals surface area contributed by atoms with Gasteiger partial charge in [0.15, 0.2) is 13.2 Å². The van der Waals surface area contributed by atoms with E-state index in [1.54, 1.807) is 36.1 Å². The number of hydrogen-bond donors (Lipinski definition) is 0. The summed E-state index contributed by atoms with van der Waals surface area (Å²) in [5, 5.41) is 3.73. The summed E-state index contributed by atoms with van der Waals surface area (Å²) in [5.41, 5.74) is 0.336. The van der Waals surface area contributed by atoms with Gasteiger partial charge in [0.2, 0.25) is 11.7 Å². The standard InChI is InChI=1S/C17H19N3O6/c1-12-18-15(19-26-12)10-24-14-4-2-13(3-5-14)17(22)25-11-16(21)20-6-8-23-9-7-20/h2-5H,6-11H2,1H3. The molecule has 1 aromatic heterocycles. The number of ether oxygens (including phenoxy) is 3. The highest BCUT2D eigenvalue weighted by molar-refractivity contribution is 5.91. The van der Waals surface area contributed by atoms with Crippen molar-refractivity contribution >= 4 is 11.9 Å². The maximum absolute atomic E-state index is 12.0. The second-order valence-corrected chi connectivity index (χ2v) is 5.61. The van der Waals surface area contributed by atoms with E-state index in [0.717, 1.165) is 0 Å². The first kappa shape index (κ1) is 17.9. The van der Waals surface area contributed by atoms with E-state index in [0.29, 0.717) is 49.3 Å². The molecule has 2 aromatic rings. The second kappa shape index (κ2) is 8.43. The fraction of sp³-hybridized carbons (Fsp3) is 0.412. The van der Waals surface area contributed by atoms with Crippen molar-refractivity contribution in [2.24, 2.45) is 0 Å². The molecule has 0 spiro atoms. The lowest BCUT2D eigenvalue weighted by Gasteiger charge is -2.26. The molecule has 1 amide bonds. The Morgan fingerprint density at radius 3 is 2.58 bits per heavy atom. The third kappa shape index (κ3) is 4.79. The molecule has 26 heavy (non-hydrogen) atoms. The topological polar surface area (TPSA) is 104 Å². The highest BCUT2D eigenvalue weighted by Gasteiger charge is 2.18. The van der Waals surface area contributed by atoms with E-state index < -0.39 is 5.97 Å². The van der Waals surface area contributed by atoms with Gasteiger partial charge in [-0.3, -0.25) is 4.79 Å². The van der Waals surface area contributed by atoms with Crippen LogP contribution in [0.15, 0.2) is 28.8 Å². The van der Waals surface area contributed by atoms with Crippen molar-refractivity contribution in [2.75, 3.05) is 32.9 Å². The van der Waals surface area contributed by atoms with Crippen LogP contribution >= 0.6 is 0 Å². The lowest BCUT2D eigenvalue weighted by molar-refractivity contribution is -0.138. The number of aromatic nitrogens is 2. The van der Waals surface area contributed by atoms with Crippen LogP contribution in [0.3, 0.4) is 0 Å². The first-order chi connectivity index (χ1) is 12.6. The van der Waals surface area contributed by atoms with Crippen molar-refractivity contribution in [1.29, 1.82) is 0 Å². The fourth-order valence-electron chi connectivity index (χ4n) is 2.35. The zero-order valence-electron chi connectivity index (χ0n) is 14.3. The molecule has 3 rings (SSSR count). The summed E-state index contributed by atoms with van der Waals surface area (Å²) in [6.07, 6.45) is 0. The first-order valence-corrected chi connectivity index (χ1v) is 8.16. The Hall–Kier alpha value is -2.94. The minimum Gasteiger partial charge on any atom is -0.485 e. The lowest BCUT2D eigenvalue weighted by Crippen LogP contribution is -2.42. The normalized spacial score (nSPS) is 14.1. The van der Waals surface area contributed by atoms with Crippen LogP contribution in [0.25, 0.3) is 0 Å². The monoisotopic (exact) mass is 361 g/mol. The Morgan fingerprint density at radius 2 is 1.92 bits per heavy atom. The van der Waals surface area contributed by atoms with Crippen LogP contribution in [-0.4, -0.2) is 59.8 Å². The van der Waals surface area contributed by atoms with Gasteiger partial charge in [-0.2, -0.15) is 4.98 Å². The number of amides is 1. The predicted molar refractivity (Wildman–Crippen MR) is 87.5 cm³/mol. The summed E-state index contributed by atoms with van der Waals surface area (Å²) in [4.78, 5) is 29.6. The van der Waals surface area contributed by atoms with Crippen molar-refractivity contribution in [3.63, 3.8) is 0 Å². The number of benzene rings is 1. The zero-order valence-corrected chi connectivity index (χ0v) is 14.3. The minimum atomic E-state index is -0.563. The van der Waals surface area contributed by atoms with Gasteiger partial charge in [-0.25, -0.2) is 4.79 Å².